The number of piperidine rings is 2. The van der Waals surface area contributed by atoms with E-state index in [0.717, 1.165) is 29.4 Å². The molecule has 4 heteroatoms. The van der Waals surface area contributed by atoms with E-state index in [0.29, 0.717) is 5.41 Å². The first-order valence-corrected chi connectivity index (χ1v) is 8.35. The molecule has 2 saturated heterocycles. The third-order valence-corrected chi connectivity index (χ3v) is 5.33. The third-order valence-electron chi connectivity index (χ3n) is 4.98. The summed E-state index contributed by atoms with van der Waals surface area (Å²) in [6.07, 6.45) is 5.31. The summed E-state index contributed by atoms with van der Waals surface area (Å²) in [6.45, 7) is 5.58. The van der Waals surface area contributed by atoms with Crippen LogP contribution < -0.4 is 10.1 Å². The van der Waals surface area contributed by atoms with E-state index in [1.807, 2.05) is 18.2 Å². The number of halogens is 1. The van der Waals surface area contributed by atoms with Crippen molar-refractivity contribution in [1.82, 2.24) is 10.2 Å². The van der Waals surface area contributed by atoms with Crippen LogP contribution in [0.15, 0.2) is 18.2 Å². The first-order valence-electron chi connectivity index (χ1n) is 7.97. The van der Waals surface area contributed by atoms with E-state index in [4.69, 9.17) is 16.3 Å². The highest BCUT2D eigenvalue weighted by Crippen LogP contribution is 2.37. The van der Waals surface area contributed by atoms with E-state index < -0.39 is 0 Å². The lowest BCUT2D eigenvalue weighted by Crippen LogP contribution is -2.50. The molecule has 0 radical (unpaired) electrons. The number of nitrogens with zero attached hydrogens (tertiary/aromatic N) is 1. The number of benzene rings is 1. The molecule has 2 heterocycles. The summed E-state index contributed by atoms with van der Waals surface area (Å²) in [7, 11) is 1.72. The zero-order valence-corrected chi connectivity index (χ0v) is 13.6. The van der Waals surface area contributed by atoms with E-state index in [1.54, 1.807) is 7.11 Å². The first kappa shape index (κ1) is 15.1. The molecule has 2 aliphatic rings. The normalized spacial score (nSPS) is 27.0. The summed E-state index contributed by atoms with van der Waals surface area (Å²) >= 11 is 6.39. The minimum Gasteiger partial charge on any atom is -0.496 e. The Morgan fingerprint density at radius 2 is 2.19 bits per heavy atom. The molecule has 1 N–H and O–H groups in total. The molecule has 1 atom stereocenters. The fraction of sp³-hybridized carbons (Fsp3) is 0.647. The van der Waals surface area contributed by atoms with Gasteiger partial charge in [0.05, 0.1) is 7.11 Å². The van der Waals surface area contributed by atoms with Gasteiger partial charge in [-0.05, 0) is 56.3 Å². The van der Waals surface area contributed by atoms with E-state index in [9.17, 15) is 0 Å². The standard InChI is InChI=1S/C17H25ClN2O/c1-21-16-6-2-5-15(18)14(16)11-20-10-4-8-17(13-20)7-3-9-19-12-17/h2,5-6,19H,3-4,7-13H2,1H3. The van der Waals surface area contributed by atoms with Gasteiger partial charge in [0.1, 0.15) is 5.75 Å². The van der Waals surface area contributed by atoms with Gasteiger partial charge in [0.2, 0.25) is 0 Å². The topological polar surface area (TPSA) is 24.5 Å². The number of ether oxygens (including phenoxy) is 1. The van der Waals surface area contributed by atoms with Crippen molar-refractivity contribution < 1.29 is 4.74 Å². The second kappa shape index (κ2) is 6.55. The van der Waals surface area contributed by atoms with Gasteiger partial charge in [0.15, 0.2) is 0 Å². The molecule has 2 aliphatic heterocycles. The molecule has 0 bridgehead atoms. The van der Waals surface area contributed by atoms with Crippen molar-refractivity contribution in [3.8, 4) is 5.75 Å². The third kappa shape index (κ3) is 3.36. The van der Waals surface area contributed by atoms with Crippen LogP contribution in [0.4, 0.5) is 0 Å². The van der Waals surface area contributed by atoms with Crippen molar-refractivity contribution in [1.29, 1.82) is 0 Å². The maximum absolute atomic E-state index is 6.39. The fourth-order valence-electron chi connectivity index (χ4n) is 3.93. The Morgan fingerprint density at radius 1 is 1.33 bits per heavy atom. The molecule has 1 spiro atoms. The average molecular weight is 309 g/mol. The van der Waals surface area contributed by atoms with Crippen LogP contribution in [-0.4, -0.2) is 38.2 Å². The number of methoxy groups -OCH3 is 1. The van der Waals surface area contributed by atoms with Gasteiger partial charge < -0.3 is 10.1 Å². The Morgan fingerprint density at radius 3 is 2.95 bits per heavy atom. The maximum Gasteiger partial charge on any atom is 0.124 e. The predicted octanol–water partition coefficient (Wildman–Crippen LogP) is 3.31. The quantitative estimate of drug-likeness (QED) is 0.927. The molecule has 0 aliphatic carbocycles. The number of hydrogen-bond donors (Lipinski definition) is 1. The lowest BCUT2D eigenvalue weighted by Gasteiger charge is -2.45. The predicted molar refractivity (Wildman–Crippen MR) is 87.1 cm³/mol. The molecule has 0 saturated carbocycles. The van der Waals surface area contributed by atoms with Gasteiger partial charge in [-0.1, -0.05) is 17.7 Å². The zero-order chi connectivity index (χ0) is 14.7. The van der Waals surface area contributed by atoms with Crippen LogP contribution in [0.5, 0.6) is 5.75 Å². The van der Waals surface area contributed by atoms with Crippen molar-refractivity contribution >= 4 is 11.6 Å². The van der Waals surface area contributed by atoms with Crippen LogP contribution in [0.3, 0.4) is 0 Å². The number of nitrogens with one attached hydrogen (secondary N) is 1. The highest BCUT2D eigenvalue weighted by atomic mass is 35.5. The molecule has 1 aromatic rings. The smallest absolute Gasteiger partial charge is 0.124 e. The Balaban J connectivity index is 1.73. The van der Waals surface area contributed by atoms with Crippen LogP contribution in [0, 0.1) is 5.41 Å². The van der Waals surface area contributed by atoms with Gasteiger partial charge in [-0.15, -0.1) is 0 Å². The van der Waals surface area contributed by atoms with Gasteiger partial charge in [-0.25, -0.2) is 0 Å². The van der Waals surface area contributed by atoms with Gasteiger partial charge in [-0.2, -0.15) is 0 Å². The van der Waals surface area contributed by atoms with Crippen molar-refractivity contribution in [3.05, 3.63) is 28.8 Å². The molecule has 116 valence electrons. The minimum absolute atomic E-state index is 0.477. The maximum atomic E-state index is 6.39. The van der Waals surface area contributed by atoms with Crippen LogP contribution in [0.1, 0.15) is 31.2 Å². The van der Waals surface area contributed by atoms with Gasteiger partial charge in [0, 0.05) is 30.2 Å². The molecule has 3 rings (SSSR count). The van der Waals surface area contributed by atoms with E-state index >= 15 is 0 Å². The number of rotatable bonds is 3. The molecule has 1 aromatic carbocycles. The number of hydrogen-bond acceptors (Lipinski definition) is 3. The van der Waals surface area contributed by atoms with Gasteiger partial charge in [-0.3, -0.25) is 4.90 Å². The Bertz CT molecular complexity index is 480. The lowest BCUT2D eigenvalue weighted by atomic mass is 9.74. The molecule has 0 amide bonds. The SMILES string of the molecule is COc1cccc(Cl)c1CN1CCCC2(CCCNC2)C1. The van der Waals surface area contributed by atoms with Crippen molar-refractivity contribution in [3.63, 3.8) is 0 Å². The van der Waals surface area contributed by atoms with Crippen LogP contribution >= 0.6 is 11.6 Å². The van der Waals surface area contributed by atoms with E-state index in [1.165, 1.54) is 45.3 Å². The summed E-state index contributed by atoms with van der Waals surface area (Å²) in [6, 6.07) is 5.91. The van der Waals surface area contributed by atoms with E-state index in [2.05, 4.69) is 10.2 Å². The Labute approximate surface area is 132 Å². The first-order chi connectivity index (χ1) is 10.2. The molecular formula is C17H25ClN2O. The minimum atomic E-state index is 0.477. The molecule has 3 nitrogen and oxygen atoms in total. The fourth-order valence-corrected chi connectivity index (χ4v) is 4.16. The molecule has 0 aromatic heterocycles. The Hall–Kier alpha value is -0.770. The summed E-state index contributed by atoms with van der Waals surface area (Å²) < 4.78 is 5.48. The highest BCUT2D eigenvalue weighted by molar-refractivity contribution is 6.31. The molecular weight excluding hydrogens is 284 g/mol. The highest BCUT2D eigenvalue weighted by Gasteiger charge is 2.36. The van der Waals surface area contributed by atoms with Gasteiger partial charge >= 0.3 is 0 Å². The second-order valence-corrected chi connectivity index (χ2v) is 6.92. The van der Waals surface area contributed by atoms with Crippen LogP contribution in [-0.2, 0) is 6.54 Å². The monoisotopic (exact) mass is 308 g/mol. The molecule has 1 unspecified atom stereocenters. The summed E-state index contributed by atoms with van der Waals surface area (Å²) in [5.74, 6) is 0.906. The number of likely N-dealkylation sites (tertiary alicyclic amines) is 1. The van der Waals surface area contributed by atoms with E-state index in [-0.39, 0.29) is 0 Å². The molecule has 2 fully saturated rings. The van der Waals surface area contributed by atoms with Gasteiger partial charge in [0.25, 0.3) is 0 Å². The largest absolute Gasteiger partial charge is 0.496 e. The lowest BCUT2D eigenvalue weighted by molar-refractivity contribution is 0.0596. The summed E-state index contributed by atoms with van der Waals surface area (Å²) in [4.78, 5) is 2.56. The van der Waals surface area contributed by atoms with Crippen molar-refractivity contribution in [2.45, 2.75) is 32.2 Å². The molecule has 21 heavy (non-hydrogen) atoms. The average Bonchev–Trinajstić information content (AvgIpc) is 2.50. The van der Waals surface area contributed by atoms with Crippen molar-refractivity contribution in [2.24, 2.45) is 5.41 Å². The summed E-state index contributed by atoms with van der Waals surface area (Å²) in [5, 5.41) is 4.40. The second-order valence-electron chi connectivity index (χ2n) is 6.52. The van der Waals surface area contributed by atoms with Crippen LogP contribution in [0.25, 0.3) is 0 Å². The van der Waals surface area contributed by atoms with Crippen LogP contribution in [0.2, 0.25) is 5.02 Å². The zero-order valence-electron chi connectivity index (χ0n) is 12.8. The Kier molecular flexibility index (Phi) is 4.72. The van der Waals surface area contributed by atoms with Crippen molar-refractivity contribution in [2.75, 3.05) is 33.3 Å². The summed E-state index contributed by atoms with van der Waals surface area (Å²) in [5.41, 5.74) is 1.60.